The van der Waals surface area contributed by atoms with Crippen LogP contribution in [0.25, 0.3) is 0 Å². The molecule has 0 saturated heterocycles. The van der Waals surface area contributed by atoms with E-state index >= 15 is 0 Å². The molecule has 0 aliphatic rings. The molecule has 0 fully saturated rings. The van der Waals surface area contributed by atoms with Crippen molar-refractivity contribution in [2.45, 2.75) is 45.3 Å². The maximum atomic E-state index is 9.30. The van der Waals surface area contributed by atoms with Gasteiger partial charge in [-0.15, -0.1) is 0 Å². The summed E-state index contributed by atoms with van der Waals surface area (Å²) in [5, 5.41) is 26.1. The van der Waals surface area contributed by atoms with E-state index in [-0.39, 0.29) is 13.2 Å². The Hall–Kier alpha value is -0.910. The summed E-state index contributed by atoms with van der Waals surface area (Å²) in [6, 6.07) is 0.343. The summed E-state index contributed by atoms with van der Waals surface area (Å²) >= 11 is 0. The van der Waals surface area contributed by atoms with E-state index < -0.39 is 5.54 Å². The number of nitrogens with zero attached hydrogens (tertiary/aromatic N) is 2. The fourth-order valence-electron chi connectivity index (χ4n) is 1.55. The molecular weight excluding hydrogens is 218 g/mol. The lowest BCUT2D eigenvalue weighted by Crippen LogP contribution is -2.50. The van der Waals surface area contributed by atoms with Gasteiger partial charge in [-0.1, -0.05) is 6.92 Å². The molecule has 0 bridgehead atoms. The highest BCUT2D eigenvalue weighted by Gasteiger charge is 2.25. The first-order valence-corrected chi connectivity index (χ1v) is 6.06. The number of aliphatic hydroxyl groups excluding tert-OH is 2. The van der Waals surface area contributed by atoms with Crippen molar-refractivity contribution in [2.75, 3.05) is 13.2 Å². The van der Waals surface area contributed by atoms with Gasteiger partial charge in [0.15, 0.2) is 0 Å². The topological polar surface area (TPSA) is 70.3 Å². The summed E-state index contributed by atoms with van der Waals surface area (Å²) in [5.41, 5.74) is 0.457. The molecule has 0 atom stereocenters. The molecule has 0 aliphatic heterocycles. The molecule has 0 amide bonds. The van der Waals surface area contributed by atoms with Gasteiger partial charge in [-0.25, -0.2) is 0 Å². The molecule has 0 radical (unpaired) electrons. The van der Waals surface area contributed by atoms with Crippen LogP contribution in [0.5, 0.6) is 0 Å². The fraction of sp³-hybridized carbons (Fsp3) is 0.750. The second-order valence-electron chi connectivity index (χ2n) is 4.73. The van der Waals surface area contributed by atoms with Gasteiger partial charge in [-0.3, -0.25) is 4.68 Å². The van der Waals surface area contributed by atoms with Crippen LogP contribution in [0.2, 0.25) is 0 Å². The molecule has 5 nitrogen and oxygen atoms in total. The molecule has 0 spiro atoms. The summed E-state index contributed by atoms with van der Waals surface area (Å²) in [7, 11) is 0. The van der Waals surface area contributed by atoms with Crippen LogP contribution >= 0.6 is 0 Å². The van der Waals surface area contributed by atoms with Crippen LogP contribution in [-0.2, 0) is 6.54 Å². The number of hydrogen-bond donors (Lipinski definition) is 3. The SMILES string of the molecule is CCC(CO)(CO)NCc1cnn(C(C)C)c1. The monoisotopic (exact) mass is 241 g/mol. The van der Waals surface area contributed by atoms with Crippen LogP contribution in [0, 0.1) is 0 Å². The van der Waals surface area contributed by atoms with Crippen molar-refractivity contribution in [1.29, 1.82) is 0 Å². The van der Waals surface area contributed by atoms with Crippen LogP contribution in [-0.4, -0.2) is 38.7 Å². The van der Waals surface area contributed by atoms with Gasteiger partial charge in [0.25, 0.3) is 0 Å². The minimum absolute atomic E-state index is 0.0711. The second-order valence-corrected chi connectivity index (χ2v) is 4.73. The lowest BCUT2D eigenvalue weighted by molar-refractivity contribution is 0.0864. The quantitative estimate of drug-likeness (QED) is 0.657. The summed E-state index contributed by atoms with van der Waals surface area (Å²) in [5.74, 6) is 0. The molecule has 1 heterocycles. The van der Waals surface area contributed by atoms with Crippen LogP contribution in [0.3, 0.4) is 0 Å². The van der Waals surface area contributed by atoms with Gasteiger partial charge in [0, 0.05) is 24.3 Å². The molecule has 98 valence electrons. The number of aliphatic hydroxyl groups is 2. The van der Waals surface area contributed by atoms with E-state index in [0.717, 1.165) is 5.56 Å². The Balaban J connectivity index is 2.59. The van der Waals surface area contributed by atoms with E-state index in [1.807, 2.05) is 24.0 Å². The van der Waals surface area contributed by atoms with Crippen molar-refractivity contribution >= 4 is 0 Å². The third-order valence-electron chi connectivity index (χ3n) is 3.13. The van der Waals surface area contributed by atoms with E-state index in [0.29, 0.717) is 19.0 Å². The Bertz CT molecular complexity index is 324. The second kappa shape index (κ2) is 6.14. The third-order valence-corrected chi connectivity index (χ3v) is 3.13. The van der Waals surface area contributed by atoms with Gasteiger partial charge in [0.2, 0.25) is 0 Å². The lowest BCUT2D eigenvalue weighted by atomic mass is 9.98. The van der Waals surface area contributed by atoms with Crippen molar-refractivity contribution in [3.63, 3.8) is 0 Å². The molecule has 0 unspecified atom stereocenters. The van der Waals surface area contributed by atoms with Crippen LogP contribution < -0.4 is 5.32 Å². The van der Waals surface area contributed by atoms with Crippen LogP contribution in [0.4, 0.5) is 0 Å². The van der Waals surface area contributed by atoms with Crippen molar-refractivity contribution in [2.24, 2.45) is 0 Å². The van der Waals surface area contributed by atoms with E-state index in [4.69, 9.17) is 0 Å². The van der Waals surface area contributed by atoms with Gasteiger partial charge in [0.1, 0.15) is 0 Å². The van der Waals surface area contributed by atoms with Crippen molar-refractivity contribution in [3.05, 3.63) is 18.0 Å². The minimum atomic E-state index is -0.597. The molecule has 0 saturated carbocycles. The van der Waals surface area contributed by atoms with Gasteiger partial charge < -0.3 is 15.5 Å². The van der Waals surface area contributed by atoms with E-state index in [1.54, 1.807) is 0 Å². The molecule has 1 rings (SSSR count). The fourth-order valence-corrected chi connectivity index (χ4v) is 1.55. The maximum absolute atomic E-state index is 9.30. The van der Waals surface area contributed by atoms with Gasteiger partial charge in [0.05, 0.1) is 24.9 Å². The van der Waals surface area contributed by atoms with E-state index in [2.05, 4.69) is 24.3 Å². The summed E-state index contributed by atoms with van der Waals surface area (Å²) in [4.78, 5) is 0. The predicted molar refractivity (Wildman–Crippen MR) is 66.6 cm³/mol. The maximum Gasteiger partial charge on any atom is 0.0648 e. The molecule has 1 aromatic heterocycles. The highest BCUT2D eigenvalue weighted by Crippen LogP contribution is 2.11. The number of aromatic nitrogens is 2. The van der Waals surface area contributed by atoms with E-state index in [9.17, 15) is 10.2 Å². The first-order valence-electron chi connectivity index (χ1n) is 6.06. The van der Waals surface area contributed by atoms with E-state index in [1.165, 1.54) is 0 Å². The summed E-state index contributed by atoms with van der Waals surface area (Å²) in [6.45, 7) is 6.54. The Morgan fingerprint density at radius 2 is 2.06 bits per heavy atom. The van der Waals surface area contributed by atoms with Gasteiger partial charge >= 0.3 is 0 Å². The Labute approximate surface area is 102 Å². The molecular formula is C12H23N3O2. The van der Waals surface area contributed by atoms with Crippen molar-refractivity contribution in [1.82, 2.24) is 15.1 Å². The Morgan fingerprint density at radius 1 is 1.41 bits per heavy atom. The zero-order valence-corrected chi connectivity index (χ0v) is 10.8. The van der Waals surface area contributed by atoms with Crippen LogP contribution in [0.15, 0.2) is 12.4 Å². The molecule has 0 aromatic carbocycles. The standard InChI is InChI=1S/C12H23N3O2/c1-4-12(8-16,9-17)13-5-11-6-14-15(7-11)10(2)3/h6-7,10,13,16-17H,4-5,8-9H2,1-3H3. The molecule has 3 N–H and O–H groups in total. The molecule has 0 aliphatic carbocycles. The average molecular weight is 241 g/mol. The zero-order chi connectivity index (χ0) is 12.9. The average Bonchev–Trinajstić information content (AvgIpc) is 2.81. The Morgan fingerprint density at radius 3 is 2.47 bits per heavy atom. The highest BCUT2D eigenvalue weighted by atomic mass is 16.3. The lowest BCUT2D eigenvalue weighted by Gasteiger charge is -2.29. The first-order chi connectivity index (χ1) is 8.06. The smallest absolute Gasteiger partial charge is 0.0648 e. The number of rotatable bonds is 7. The van der Waals surface area contributed by atoms with Crippen molar-refractivity contribution < 1.29 is 10.2 Å². The summed E-state index contributed by atoms with van der Waals surface area (Å²) in [6.07, 6.45) is 4.47. The zero-order valence-electron chi connectivity index (χ0n) is 10.8. The van der Waals surface area contributed by atoms with Gasteiger partial charge in [-0.2, -0.15) is 5.10 Å². The predicted octanol–water partition coefficient (Wildman–Crippen LogP) is 0.687. The van der Waals surface area contributed by atoms with Gasteiger partial charge in [-0.05, 0) is 20.3 Å². The normalized spacial score (nSPS) is 12.4. The molecule has 17 heavy (non-hydrogen) atoms. The number of nitrogens with one attached hydrogen (secondary N) is 1. The van der Waals surface area contributed by atoms with Crippen LogP contribution in [0.1, 0.15) is 38.8 Å². The number of hydrogen-bond acceptors (Lipinski definition) is 4. The molecule has 5 heteroatoms. The van der Waals surface area contributed by atoms with Crippen molar-refractivity contribution in [3.8, 4) is 0 Å². The highest BCUT2D eigenvalue weighted by molar-refractivity contribution is 5.05. The Kier molecular flexibility index (Phi) is 5.11. The first kappa shape index (κ1) is 14.2. The summed E-state index contributed by atoms with van der Waals surface area (Å²) < 4.78 is 1.89. The third kappa shape index (κ3) is 3.52. The minimum Gasteiger partial charge on any atom is -0.394 e. The molecule has 1 aromatic rings. The largest absolute Gasteiger partial charge is 0.394 e.